The first kappa shape index (κ1) is 26.7. The van der Waals surface area contributed by atoms with Crippen LogP contribution in [0.5, 0.6) is 6.01 Å². The van der Waals surface area contributed by atoms with Crippen molar-refractivity contribution in [1.82, 2.24) is 34.9 Å². The molecule has 3 aromatic rings. The third-order valence-electron chi connectivity index (χ3n) is 8.34. The number of hydrogen-bond acceptors (Lipinski definition) is 9. The summed E-state index contributed by atoms with van der Waals surface area (Å²) in [4.78, 5) is 43.5. The van der Waals surface area contributed by atoms with Gasteiger partial charge in [0.25, 0.3) is 5.91 Å². The highest BCUT2D eigenvalue weighted by atomic mass is 16.5. The molecule has 2 fully saturated rings. The third-order valence-corrected chi connectivity index (χ3v) is 8.34. The van der Waals surface area contributed by atoms with E-state index in [-0.39, 0.29) is 30.3 Å². The number of hydrogen-bond donors (Lipinski definition) is 1. The maximum absolute atomic E-state index is 13.6. The molecule has 2 aromatic heterocycles. The molecule has 5 heterocycles. The SMILES string of the molecule is C=CC(=O)N1CCN(c2nc(OC[C@@H]3CCCN3C)nc3c2CN(C(=O)c2n[nH]c4ccccc24)C3)C[C@@H]1CC#N. The predicted molar refractivity (Wildman–Crippen MR) is 151 cm³/mol. The number of rotatable bonds is 7. The average molecular weight is 556 g/mol. The van der Waals surface area contributed by atoms with Crippen LogP contribution < -0.4 is 9.64 Å². The largest absolute Gasteiger partial charge is 0.462 e. The van der Waals surface area contributed by atoms with Crippen LogP contribution in [-0.2, 0) is 17.9 Å². The Kier molecular flexibility index (Phi) is 7.28. The number of aromatic nitrogens is 4. The van der Waals surface area contributed by atoms with Gasteiger partial charge in [-0.3, -0.25) is 14.7 Å². The van der Waals surface area contributed by atoms with Gasteiger partial charge in [-0.15, -0.1) is 0 Å². The van der Waals surface area contributed by atoms with Gasteiger partial charge in [0.2, 0.25) is 5.91 Å². The topological polar surface area (TPSA) is 135 Å². The maximum Gasteiger partial charge on any atom is 0.318 e. The molecular formula is C29H33N9O3. The molecule has 3 aliphatic rings. The number of carbonyl (C=O) groups is 2. The second kappa shape index (κ2) is 11.2. The quantitative estimate of drug-likeness (QED) is 0.435. The first-order chi connectivity index (χ1) is 20.0. The highest BCUT2D eigenvalue weighted by molar-refractivity contribution is 6.04. The molecule has 12 nitrogen and oxygen atoms in total. The van der Waals surface area contributed by atoms with Gasteiger partial charge in [0, 0.05) is 36.6 Å². The van der Waals surface area contributed by atoms with E-state index in [0.717, 1.165) is 41.5 Å². The zero-order valence-electron chi connectivity index (χ0n) is 23.1. The summed E-state index contributed by atoms with van der Waals surface area (Å²) in [5.74, 6) is 0.302. The number of aromatic amines is 1. The van der Waals surface area contributed by atoms with Crippen molar-refractivity contribution in [3.8, 4) is 12.1 Å². The molecule has 0 spiro atoms. The molecule has 1 aromatic carbocycles. The fourth-order valence-corrected chi connectivity index (χ4v) is 6.06. The van der Waals surface area contributed by atoms with Crippen LogP contribution in [-0.4, -0.2) is 98.6 Å². The van der Waals surface area contributed by atoms with Crippen LogP contribution in [0.1, 0.15) is 41.0 Å². The Bertz CT molecular complexity index is 1530. The molecule has 0 saturated carbocycles. The van der Waals surface area contributed by atoms with Crippen molar-refractivity contribution in [2.75, 3.05) is 44.7 Å². The Morgan fingerprint density at radius 2 is 2.05 bits per heavy atom. The monoisotopic (exact) mass is 555 g/mol. The smallest absolute Gasteiger partial charge is 0.318 e. The van der Waals surface area contributed by atoms with Crippen molar-refractivity contribution < 1.29 is 14.3 Å². The molecule has 12 heteroatoms. The number of nitrogens with zero attached hydrogens (tertiary/aromatic N) is 8. The number of amides is 2. The number of piperazine rings is 1. The number of carbonyl (C=O) groups excluding carboxylic acids is 2. The Labute approximate surface area is 238 Å². The number of anilines is 1. The van der Waals surface area contributed by atoms with Crippen molar-refractivity contribution in [3.63, 3.8) is 0 Å². The number of para-hydroxylation sites is 1. The highest BCUT2D eigenvalue weighted by Crippen LogP contribution is 2.34. The van der Waals surface area contributed by atoms with Crippen molar-refractivity contribution in [3.05, 3.63) is 53.9 Å². The number of nitrogens with one attached hydrogen (secondary N) is 1. The molecular weight excluding hydrogens is 522 g/mol. The van der Waals surface area contributed by atoms with E-state index < -0.39 is 0 Å². The maximum atomic E-state index is 13.6. The van der Waals surface area contributed by atoms with Crippen LogP contribution in [0, 0.1) is 11.3 Å². The lowest BCUT2D eigenvalue weighted by molar-refractivity contribution is -0.128. The van der Waals surface area contributed by atoms with E-state index in [0.29, 0.717) is 56.9 Å². The van der Waals surface area contributed by atoms with Gasteiger partial charge in [0.1, 0.15) is 12.4 Å². The van der Waals surface area contributed by atoms with Crippen LogP contribution >= 0.6 is 0 Å². The Morgan fingerprint density at radius 1 is 1.20 bits per heavy atom. The van der Waals surface area contributed by atoms with Crippen LogP contribution in [0.25, 0.3) is 10.9 Å². The lowest BCUT2D eigenvalue weighted by Crippen LogP contribution is -2.55. The molecule has 41 heavy (non-hydrogen) atoms. The molecule has 2 amide bonds. The van der Waals surface area contributed by atoms with Gasteiger partial charge in [0.05, 0.1) is 42.8 Å². The van der Waals surface area contributed by atoms with Crippen molar-refractivity contribution in [1.29, 1.82) is 5.26 Å². The van der Waals surface area contributed by atoms with Gasteiger partial charge in [-0.2, -0.15) is 20.3 Å². The van der Waals surface area contributed by atoms with Crippen LogP contribution in [0.2, 0.25) is 0 Å². The number of likely N-dealkylation sites (N-methyl/N-ethyl adjacent to an activating group) is 1. The summed E-state index contributed by atoms with van der Waals surface area (Å²) in [6.07, 6.45) is 3.67. The number of ether oxygens (including phenoxy) is 1. The molecule has 0 radical (unpaired) electrons. The lowest BCUT2D eigenvalue weighted by atomic mass is 10.1. The van der Waals surface area contributed by atoms with Gasteiger partial charge in [-0.25, -0.2) is 0 Å². The van der Waals surface area contributed by atoms with Gasteiger partial charge in [-0.05, 0) is 38.6 Å². The molecule has 1 N–H and O–H groups in total. The number of benzene rings is 1. The summed E-state index contributed by atoms with van der Waals surface area (Å²) < 4.78 is 6.15. The van der Waals surface area contributed by atoms with Crippen LogP contribution in [0.4, 0.5) is 5.82 Å². The van der Waals surface area contributed by atoms with E-state index in [1.54, 1.807) is 9.80 Å². The molecule has 212 valence electrons. The second-order valence-electron chi connectivity index (χ2n) is 10.8. The number of likely N-dealkylation sites (tertiary alicyclic amines) is 1. The fourth-order valence-electron chi connectivity index (χ4n) is 6.06. The number of H-pyrrole nitrogens is 1. The average Bonchev–Trinajstić information content (AvgIpc) is 3.73. The number of fused-ring (bicyclic) bond motifs is 2. The summed E-state index contributed by atoms with van der Waals surface area (Å²) in [6.45, 7) is 7.15. The number of nitriles is 1. The van der Waals surface area contributed by atoms with Crippen LogP contribution in [0.15, 0.2) is 36.9 Å². The second-order valence-corrected chi connectivity index (χ2v) is 10.8. The minimum atomic E-state index is -0.309. The van der Waals surface area contributed by atoms with Crippen molar-refractivity contribution in [2.24, 2.45) is 0 Å². The van der Waals surface area contributed by atoms with Gasteiger partial charge < -0.3 is 24.3 Å². The zero-order valence-corrected chi connectivity index (χ0v) is 23.1. The molecule has 2 atom stereocenters. The summed E-state index contributed by atoms with van der Waals surface area (Å²) in [7, 11) is 2.09. The molecule has 0 aliphatic carbocycles. The summed E-state index contributed by atoms with van der Waals surface area (Å²) in [5.41, 5.74) is 2.76. The van der Waals surface area contributed by atoms with Gasteiger partial charge >= 0.3 is 6.01 Å². The van der Waals surface area contributed by atoms with Crippen LogP contribution in [0.3, 0.4) is 0 Å². The predicted octanol–water partition coefficient (Wildman–Crippen LogP) is 2.10. The zero-order chi connectivity index (χ0) is 28.5. The van der Waals surface area contributed by atoms with E-state index in [1.807, 2.05) is 24.3 Å². The van der Waals surface area contributed by atoms with E-state index in [1.165, 1.54) is 6.08 Å². The molecule has 0 bridgehead atoms. The molecule has 6 rings (SSSR count). The fraction of sp³-hybridized carbons (Fsp3) is 0.448. The minimum absolute atomic E-state index is 0.189. The third kappa shape index (κ3) is 5.09. The first-order valence-corrected chi connectivity index (χ1v) is 14.0. The van der Waals surface area contributed by atoms with E-state index >= 15 is 0 Å². The summed E-state index contributed by atoms with van der Waals surface area (Å²) in [6, 6.07) is 10.0. The van der Waals surface area contributed by atoms with E-state index in [2.05, 4.69) is 39.7 Å². The minimum Gasteiger partial charge on any atom is -0.462 e. The Hall–Kier alpha value is -4.50. The highest BCUT2D eigenvalue weighted by Gasteiger charge is 2.36. The normalized spacial score (nSPS) is 20.7. The van der Waals surface area contributed by atoms with Crippen molar-refractivity contribution in [2.45, 2.75) is 44.4 Å². The lowest BCUT2D eigenvalue weighted by Gasteiger charge is -2.41. The summed E-state index contributed by atoms with van der Waals surface area (Å²) in [5, 5.41) is 17.5. The van der Waals surface area contributed by atoms with Gasteiger partial charge in [-0.1, -0.05) is 24.8 Å². The molecule has 0 unspecified atom stereocenters. The Balaban J connectivity index is 1.30. The first-order valence-electron chi connectivity index (χ1n) is 14.0. The van der Waals surface area contributed by atoms with E-state index in [4.69, 9.17) is 14.7 Å². The van der Waals surface area contributed by atoms with Gasteiger partial charge in [0.15, 0.2) is 5.69 Å². The standard InChI is InChI=1S/C29H33N9O3/c1-3-25(39)38-14-13-36(15-19(38)10-11-30)27-22-16-37(28(40)26-21-8-4-5-9-23(21)33-34-26)17-24(22)31-29(32-27)41-18-20-7-6-12-35(20)2/h3-5,8-9,19-20H,1,6-7,10,12-18H2,2H3,(H,33,34)/t19-,20-/m0/s1. The van der Waals surface area contributed by atoms with Crippen molar-refractivity contribution >= 4 is 28.5 Å². The molecule has 2 saturated heterocycles. The molecule has 3 aliphatic heterocycles. The Morgan fingerprint density at radius 3 is 2.83 bits per heavy atom. The van der Waals surface area contributed by atoms with E-state index in [9.17, 15) is 14.9 Å². The summed E-state index contributed by atoms with van der Waals surface area (Å²) >= 11 is 0.